The molecule has 1 fully saturated rings. The van der Waals surface area contributed by atoms with Gasteiger partial charge in [-0.05, 0) is 31.4 Å². The quantitative estimate of drug-likeness (QED) is 0.767. The Bertz CT molecular complexity index is 385. The van der Waals surface area contributed by atoms with E-state index in [1.165, 1.54) is 12.8 Å². The van der Waals surface area contributed by atoms with Gasteiger partial charge in [0, 0.05) is 13.1 Å². The van der Waals surface area contributed by atoms with Crippen molar-refractivity contribution in [2.45, 2.75) is 19.8 Å². The number of hydrogen-bond acceptors (Lipinski definition) is 2. The summed E-state index contributed by atoms with van der Waals surface area (Å²) in [5, 5.41) is 1.15. The molecule has 1 saturated heterocycles. The van der Waals surface area contributed by atoms with E-state index in [0.717, 1.165) is 30.0 Å². The minimum absolute atomic E-state index is 0.537. The zero-order chi connectivity index (χ0) is 11.0. The third kappa shape index (κ3) is 1.88. The average molecular weight is 245 g/mol. The van der Waals surface area contributed by atoms with Crippen LogP contribution in [-0.2, 0) is 0 Å². The molecule has 0 spiro atoms. The highest BCUT2D eigenvalue weighted by atomic mass is 35.5. The van der Waals surface area contributed by atoms with Crippen LogP contribution in [0.2, 0.25) is 10.0 Å². The number of nitrogens with zero attached hydrogens (tertiary/aromatic N) is 1. The molecule has 15 heavy (non-hydrogen) atoms. The first kappa shape index (κ1) is 10.9. The van der Waals surface area contributed by atoms with Gasteiger partial charge in [0.1, 0.15) is 0 Å². The molecule has 0 aromatic heterocycles. The van der Waals surface area contributed by atoms with Crippen LogP contribution in [0, 0.1) is 6.92 Å². The van der Waals surface area contributed by atoms with E-state index < -0.39 is 0 Å². The SMILES string of the molecule is Cc1c(Cl)c(Cl)cc(N)c1N1CCCC1. The number of anilines is 2. The van der Waals surface area contributed by atoms with E-state index in [1.54, 1.807) is 6.07 Å². The summed E-state index contributed by atoms with van der Waals surface area (Å²) in [4.78, 5) is 2.28. The Morgan fingerprint density at radius 2 is 1.87 bits per heavy atom. The molecule has 2 rings (SSSR count). The van der Waals surface area contributed by atoms with E-state index >= 15 is 0 Å². The Morgan fingerprint density at radius 1 is 1.27 bits per heavy atom. The third-order valence-corrected chi connectivity index (χ3v) is 3.75. The highest BCUT2D eigenvalue weighted by Gasteiger charge is 2.19. The lowest BCUT2D eigenvalue weighted by Crippen LogP contribution is -2.20. The molecule has 0 unspecified atom stereocenters. The Hall–Kier alpha value is -0.600. The van der Waals surface area contributed by atoms with Gasteiger partial charge in [-0.15, -0.1) is 0 Å². The Morgan fingerprint density at radius 3 is 2.47 bits per heavy atom. The highest BCUT2D eigenvalue weighted by molar-refractivity contribution is 6.43. The maximum Gasteiger partial charge on any atom is 0.0645 e. The van der Waals surface area contributed by atoms with Crippen molar-refractivity contribution in [3.63, 3.8) is 0 Å². The third-order valence-electron chi connectivity index (χ3n) is 2.87. The molecule has 0 aliphatic carbocycles. The minimum Gasteiger partial charge on any atom is -0.397 e. The van der Waals surface area contributed by atoms with Crippen LogP contribution < -0.4 is 10.6 Å². The van der Waals surface area contributed by atoms with Crippen LogP contribution in [0.1, 0.15) is 18.4 Å². The normalized spacial score (nSPS) is 16.1. The summed E-state index contributed by atoms with van der Waals surface area (Å²) < 4.78 is 0. The molecule has 4 heteroatoms. The van der Waals surface area contributed by atoms with Gasteiger partial charge in [0.2, 0.25) is 0 Å². The van der Waals surface area contributed by atoms with Gasteiger partial charge in [0.05, 0.1) is 21.4 Å². The molecular weight excluding hydrogens is 231 g/mol. The summed E-state index contributed by atoms with van der Waals surface area (Å²) in [6, 6.07) is 1.74. The van der Waals surface area contributed by atoms with Crippen LogP contribution in [0.4, 0.5) is 11.4 Å². The molecule has 0 bridgehead atoms. The molecule has 0 amide bonds. The van der Waals surface area contributed by atoms with E-state index in [9.17, 15) is 0 Å². The second-order valence-corrected chi connectivity index (χ2v) is 4.71. The van der Waals surface area contributed by atoms with Gasteiger partial charge < -0.3 is 10.6 Å². The molecule has 0 saturated carbocycles. The second kappa shape index (κ2) is 4.11. The van der Waals surface area contributed by atoms with Crippen LogP contribution in [0.5, 0.6) is 0 Å². The maximum absolute atomic E-state index is 6.12. The molecule has 2 nitrogen and oxygen atoms in total. The number of halogens is 2. The standard InChI is InChI=1S/C11H14Cl2N2/c1-7-10(13)8(12)6-9(14)11(7)15-4-2-3-5-15/h6H,2-5,14H2,1H3. The van der Waals surface area contributed by atoms with Crippen LogP contribution in [0.15, 0.2) is 6.07 Å². The van der Waals surface area contributed by atoms with Crippen molar-refractivity contribution in [1.82, 2.24) is 0 Å². The van der Waals surface area contributed by atoms with Crippen molar-refractivity contribution in [2.75, 3.05) is 23.7 Å². The monoisotopic (exact) mass is 244 g/mol. The highest BCUT2D eigenvalue weighted by Crippen LogP contribution is 2.38. The van der Waals surface area contributed by atoms with Gasteiger partial charge in [0.25, 0.3) is 0 Å². The molecule has 1 aliphatic heterocycles. The van der Waals surface area contributed by atoms with Gasteiger partial charge in [-0.1, -0.05) is 23.2 Å². The second-order valence-electron chi connectivity index (χ2n) is 3.93. The predicted octanol–water partition coefficient (Wildman–Crippen LogP) is 3.48. The van der Waals surface area contributed by atoms with Crippen molar-refractivity contribution in [3.8, 4) is 0 Å². The van der Waals surface area contributed by atoms with Gasteiger partial charge in [0.15, 0.2) is 0 Å². The van der Waals surface area contributed by atoms with Crippen molar-refractivity contribution >= 4 is 34.6 Å². The number of rotatable bonds is 1. The van der Waals surface area contributed by atoms with Crippen molar-refractivity contribution in [2.24, 2.45) is 0 Å². The molecule has 0 atom stereocenters. The fraction of sp³-hybridized carbons (Fsp3) is 0.455. The molecule has 0 radical (unpaired) electrons. The Labute approximate surface area is 100.0 Å². The van der Waals surface area contributed by atoms with E-state index in [4.69, 9.17) is 28.9 Å². The maximum atomic E-state index is 6.12. The number of hydrogen-bond donors (Lipinski definition) is 1. The fourth-order valence-electron chi connectivity index (χ4n) is 2.13. The number of nitrogen functional groups attached to an aromatic ring is 1. The molecule has 2 N–H and O–H groups in total. The molecule has 1 heterocycles. The Balaban J connectivity index is 2.50. The molecular formula is C11H14Cl2N2. The molecule has 1 aromatic carbocycles. The lowest BCUT2D eigenvalue weighted by Gasteiger charge is -2.23. The Kier molecular flexibility index (Phi) is 2.98. The predicted molar refractivity (Wildman–Crippen MR) is 67.1 cm³/mol. The average Bonchev–Trinajstić information content (AvgIpc) is 2.68. The van der Waals surface area contributed by atoms with Crippen molar-refractivity contribution in [3.05, 3.63) is 21.7 Å². The largest absolute Gasteiger partial charge is 0.397 e. The zero-order valence-electron chi connectivity index (χ0n) is 8.69. The number of benzene rings is 1. The van der Waals surface area contributed by atoms with E-state index in [2.05, 4.69) is 4.90 Å². The summed E-state index contributed by atoms with van der Waals surface area (Å²) >= 11 is 12.1. The number of nitrogens with two attached hydrogens (primary N) is 1. The first-order valence-electron chi connectivity index (χ1n) is 5.10. The van der Waals surface area contributed by atoms with Crippen molar-refractivity contribution in [1.29, 1.82) is 0 Å². The van der Waals surface area contributed by atoms with Gasteiger partial charge in [-0.2, -0.15) is 0 Å². The van der Waals surface area contributed by atoms with Crippen LogP contribution >= 0.6 is 23.2 Å². The van der Waals surface area contributed by atoms with E-state index in [0.29, 0.717) is 10.0 Å². The fourth-order valence-corrected chi connectivity index (χ4v) is 2.53. The first-order valence-corrected chi connectivity index (χ1v) is 5.86. The lowest BCUT2D eigenvalue weighted by molar-refractivity contribution is 0.949. The van der Waals surface area contributed by atoms with Gasteiger partial charge in [-0.25, -0.2) is 0 Å². The van der Waals surface area contributed by atoms with E-state index in [-0.39, 0.29) is 0 Å². The summed E-state index contributed by atoms with van der Waals surface area (Å²) in [5.41, 5.74) is 8.76. The summed E-state index contributed by atoms with van der Waals surface area (Å²) in [7, 11) is 0. The topological polar surface area (TPSA) is 29.3 Å². The summed E-state index contributed by atoms with van der Waals surface area (Å²) in [5.74, 6) is 0. The lowest BCUT2D eigenvalue weighted by atomic mass is 10.1. The summed E-state index contributed by atoms with van der Waals surface area (Å²) in [6.45, 7) is 4.09. The van der Waals surface area contributed by atoms with Gasteiger partial charge in [-0.3, -0.25) is 0 Å². The van der Waals surface area contributed by atoms with Crippen LogP contribution in [0.3, 0.4) is 0 Å². The van der Waals surface area contributed by atoms with Crippen LogP contribution in [0.25, 0.3) is 0 Å². The minimum atomic E-state index is 0.537. The first-order chi connectivity index (χ1) is 7.11. The van der Waals surface area contributed by atoms with E-state index in [1.807, 2.05) is 6.92 Å². The molecule has 1 aromatic rings. The van der Waals surface area contributed by atoms with Crippen LogP contribution in [-0.4, -0.2) is 13.1 Å². The zero-order valence-corrected chi connectivity index (χ0v) is 10.2. The van der Waals surface area contributed by atoms with Crippen molar-refractivity contribution < 1.29 is 0 Å². The molecule has 1 aliphatic rings. The molecule has 82 valence electrons. The summed E-state index contributed by atoms with van der Waals surface area (Å²) in [6.07, 6.45) is 2.44. The smallest absolute Gasteiger partial charge is 0.0645 e. The van der Waals surface area contributed by atoms with Gasteiger partial charge >= 0.3 is 0 Å².